The number of carbonyl (C=O) groups excluding carboxylic acids is 1. The minimum atomic E-state index is -0.786. The van der Waals surface area contributed by atoms with Gasteiger partial charge in [-0.2, -0.15) is 0 Å². The molecule has 0 aliphatic carbocycles. The highest BCUT2D eigenvalue weighted by Gasteiger charge is 2.11. The summed E-state index contributed by atoms with van der Waals surface area (Å²) in [6, 6.07) is 0. The first kappa shape index (κ1) is 27.4. The molecule has 0 aromatic heterocycles. The molecule has 4 heteroatoms. The summed E-state index contributed by atoms with van der Waals surface area (Å²) in [5, 5.41) is 17.7. The van der Waals surface area contributed by atoms with Gasteiger partial charge in [-0.1, -0.05) is 74.8 Å². The monoisotopic (exact) mass is 406 g/mol. The zero-order chi connectivity index (χ0) is 21.4. The molecule has 0 saturated heterocycles. The highest BCUT2D eigenvalue weighted by molar-refractivity contribution is 5.69. The molecule has 0 aliphatic rings. The van der Waals surface area contributed by atoms with Crippen molar-refractivity contribution in [3.63, 3.8) is 0 Å². The number of carbonyl (C=O) groups is 1. The fourth-order valence-electron chi connectivity index (χ4n) is 2.65. The second-order valence-electron chi connectivity index (χ2n) is 7.16. The van der Waals surface area contributed by atoms with Crippen LogP contribution < -0.4 is 0 Å². The SMILES string of the molecule is CCCCC/C=C\C/C=C\C/C=C\C/C=C\CCCCCC(=O)OC(CO)CO. The van der Waals surface area contributed by atoms with Crippen LogP contribution in [0.4, 0.5) is 0 Å². The molecule has 0 amide bonds. The molecule has 0 saturated carbocycles. The Labute approximate surface area is 178 Å². The molecule has 0 atom stereocenters. The molecular weight excluding hydrogens is 364 g/mol. The van der Waals surface area contributed by atoms with E-state index in [0.29, 0.717) is 6.42 Å². The van der Waals surface area contributed by atoms with Crippen molar-refractivity contribution in [3.8, 4) is 0 Å². The lowest BCUT2D eigenvalue weighted by atomic mass is 10.1. The molecule has 29 heavy (non-hydrogen) atoms. The molecule has 0 radical (unpaired) electrons. The predicted octanol–water partition coefficient (Wildman–Crippen LogP) is 5.81. The van der Waals surface area contributed by atoms with E-state index in [1.165, 1.54) is 25.7 Å². The number of rotatable bonds is 19. The average Bonchev–Trinajstić information content (AvgIpc) is 2.73. The van der Waals surface area contributed by atoms with Gasteiger partial charge in [-0.25, -0.2) is 0 Å². The van der Waals surface area contributed by atoms with Gasteiger partial charge in [0.1, 0.15) is 6.10 Å². The molecule has 166 valence electrons. The molecule has 0 fully saturated rings. The molecule has 0 aromatic rings. The normalized spacial score (nSPS) is 12.4. The van der Waals surface area contributed by atoms with Crippen LogP contribution in [0, 0.1) is 0 Å². The van der Waals surface area contributed by atoms with E-state index < -0.39 is 6.10 Å². The van der Waals surface area contributed by atoms with Crippen molar-refractivity contribution in [3.05, 3.63) is 48.6 Å². The van der Waals surface area contributed by atoms with Crippen LogP contribution in [0.1, 0.15) is 84.0 Å². The number of hydrogen-bond donors (Lipinski definition) is 2. The number of unbranched alkanes of at least 4 members (excludes halogenated alkanes) is 6. The van der Waals surface area contributed by atoms with E-state index in [1.54, 1.807) is 0 Å². The number of aliphatic hydroxyl groups excluding tert-OH is 2. The second kappa shape index (κ2) is 22.6. The van der Waals surface area contributed by atoms with Gasteiger partial charge in [-0.15, -0.1) is 0 Å². The molecule has 0 spiro atoms. The van der Waals surface area contributed by atoms with E-state index >= 15 is 0 Å². The van der Waals surface area contributed by atoms with Crippen LogP contribution in [0.5, 0.6) is 0 Å². The molecule has 0 rings (SSSR count). The molecule has 0 bridgehead atoms. The lowest BCUT2D eigenvalue weighted by Crippen LogP contribution is -2.25. The Morgan fingerprint density at radius 2 is 1.21 bits per heavy atom. The Morgan fingerprint density at radius 1 is 0.724 bits per heavy atom. The lowest BCUT2D eigenvalue weighted by molar-refractivity contribution is -0.153. The van der Waals surface area contributed by atoms with Crippen molar-refractivity contribution in [2.45, 2.75) is 90.1 Å². The second-order valence-corrected chi connectivity index (χ2v) is 7.16. The third kappa shape index (κ3) is 20.9. The maximum Gasteiger partial charge on any atom is 0.306 e. The highest BCUT2D eigenvalue weighted by Crippen LogP contribution is 2.06. The van der Waals surface area contributed by atoms with Crippen LogP contribution in [0.3, 0.4) is 0 Å². The summed E-state index contributed by atoms with van der Waals surface area (Å²) in [5.41, 5.74) is 0. The van der Waals surface area contributed by atoms with Gasteiger partial charge in [-0.3, -0.25) is 4.79 Å². The Balaban J connectivity index is 3.49. The molecular formula is C25H42O4. The number of hydrogen-bond acceptors (Lipinski definition) is 4. The van der Waals surface area contributed by atoms with Gasteiger partial charge in [-0.05, 0) is 51.4 Å². The smallest absolute Gasteiger partial charge is 0.306 e. The van der Waals surface area contributed by atoms with E-state index in [0.717, 1.165) is 44.9 Å². The fourth-order valence-corrected chi connectivity index (χ4v) is 2.65. The van der Waals surface area contributed by atoms with Crippen LogP contribution >= 0.6 is 0 Å². The van der Waals surface area contributed by atoms with E-state index in [9.17, 15) is 4.79 Å². The largest absolute Gasteiger partial charge is 0.457 e. The zero-order valence-electron chi connectivity index (χ0n) is 18.3. The quantitative estimate of drug-likeness (QED) is 0.161. The van der Waals surface area contributed by atoms with Crippen molar-refractivity contribution in [1.29, 1.82) is 0 Å². The predicted molar refractivity (Wildman–Crippen MR) is 122 cm³/mol. The standard InChI is InChI=1S/C25H42O4/c1-2-3-4-5-6-7-8-9-10-11-12-13-14-15-16-17-18-19-20-21-25(28)29-24(22-26)23-27/h6-7,9-10,12-13,15-16,24,26-27H,2-5,8,11,14,17-23H2,1H3/b7-6-,10-9-,13-12-,16-15-. The van der Waals surface area contributed by atoms with Gasteiger partial charge in [0.05, 0.1) is 13.2 Å². The number of ether oxygens (including phenoxy) is 1. The summed E-state index contributed by atoms with van der Waals surface area (Å²) in [6.45, 7) is 1.55. The van der Waals surface area contributed by atoms with E-state index in [1.807, 2.05) is 0 Å². The summed E-state index contributed by atoms with van der Waals surface area (Å²) in [7, 11) is 0. The minimum Gasteiger partial charge on any atom is -0.457 e. The van der Waals surface area contributed by atoms with Crippen LogP contribution in [0.15, 0.2) is 48.6 Å². The average molecular weight is 407 g/mol. The summed E-state index contributed by atoms with van der Waals surface area (Å²) >= 11 is 0. The van der Waals surface area contributed by atoms with Crippen LogP contribution in [-0.2, 0) is 9.53 Å². The van der Waals surface area contributed by atoms with Gasteiger partial charge in [0.25, 0.3) is 0 Å². The maximum atomic E-state index is 11.5. The van der Waals surface area contributed by atoms with E-state index in [-0.39, 0.29) is 19.2 Å². The molecule has 0 unspecified atom stereocenters. The molecule has 2 N–H and O–H groups in total. The number of aliphatic hydroxyl groups is 2. The van der Waals surface area contributed by atoms with Crippen molar-refractivity contribution in [2.24, 2.45) is 0 Å². The van der Waals surface area contributed by atoms with Gasteiger partial charge in [0.2, 0.25) is 0 Å². The third-order valence-corrected chi connectivity index (χ3v) is 4.41. The van der Waals surface area contributed by atoms with Gasteiger partial charge >= 0.3 is 5.97 Å². The first-order valence-electron chi connectivity index (χ1n) is 11.3. The topological polar surface area (TPSA) is 66.8 Å². The first-order chi connectivity index (χ1) is 14.2. The highest BCUT2D eigenvalue weighted by atomic mass is 16.6. The molecule has 0 aromatic carbocycles. The molecule has 4 nitrogen and oxygen atoms in total. The zero-order valence-corrected chi connectivity index (χ0v) is 18.3. The Kier molecular flexibility index (Phi) is 21.3. The fraction of sp³-hybridized carbons (Fsp3) is 0.640. The van der Waals surface area contributed by atoms with Crippen LogP contribution in [0.25, 0.3) is 0 Å². The summed E-state index contributed by atoms with van der Waals surface area (Å²) in [5.74, 6) is -0.351. The van der Waals surface area contributed by atoms with Crippen molar-refractivity contribution >= 4 is 5.97 Å². The van der Waals surface area contributed by atoms with Crippen LogP contribution in [0.2, 0.25) is 0 Å². The maximum absolute atomic E-state index is 11.5. The number of allylic oxidation sites excluding steroid dienone is 8. The number of esters is 1. The summed E-state index contributed by atoms with van der Waals surface area (Å²) in [6.07, 6.45) is 29.2. The Morgan fingerprint density at radius 3 is 1.69 bits per heavy atom. The summed E-state index contributed by atoms with van der Waals surface area (Å²) < 4.78 is 4.92. The third-order valence-electron chi connectivity index (χ3n) is 4.41. The minimum absolute atomic E-state index is 0.338. The van der Waals surface area contributed by atoms with Crippen LogP contribution in [-0.4, -0.2) is 35.5 Å². The van der Waals surface area contributed by atoms with Crippen molar-refractivity contribution in [2.75, 3.05) is 13.2 Å². The van der Waals surface area contributed by atoms with E-state index in [4.69, 9.17) is 14.9 Å². The molecule has 0 heterocycles. The van der Waals surface area contributed by atoms with Crippen molar-refractivity contribution < 1.29 is 19.7 Å². The Bertz CT molecular complexity index is 473. The van der Waals surface area contributed by atoms with Crippen molar-refractivity contribution in [1.82, 2.24) is 0 Å². The molecule has 0 aliphatic heterocycles. The van der Waals surface area contributed by atoms with E-state index in [2.05, 4.69) is 55.5 Å². The van der Waals surface area contributed by atoms with Gasteiger partial charge in [0, 0.05) is 6.42 Å². The Hall–Kier alpha value is -1.65. The van der Waals surface area contributed by atoms with Gasteiger partial charge in [0.15, 0.2) is 0 Å². The first-order valence-corrected chi connectivity index (χ1v) is 11.3. The van der Waals surface area contributed by atoms with Gasteiger partial charge < -0.3 is 14.9 Å². The lowest BCUT2D eigenvalue weighted by Gasteiger charge is -2.12. The summed E-state index contributed by atoms with van der Waals surface area (Å²) in [4.78, 5) is 11.5.